The van der Waals surface area contributed by atoms with E-state index in [1.807, 2.05) is 0 Å². The quantitative estimate of drug-likeness (QED) is 0.756. The summed E-state index contributed by atoms with van der Waals surface area (Å²) in [5.41, 5.74) is 0.575. The molecule has 2 aromatic carbocycles. The molecule has 0 aromatic heterocycles. The molecule has 1 saturated carbocycles. The first-order valence-electron chi connectivity index (χ1n) is 11.3. The van der Waals surface area contributed by atoms with Gasteiger partial charge in [0.05, 0.1) is 18.1 Å². The molecule has 2 aliphatic heterocycles. The van der Waals surface area contributed by atoms with Gasteiger partial charge < -0.3 is 14.8 Å². The van der Waals surface area contributed by atoms with Gasteiger partial charge in [0, 0.05) is 24.2 Å². The summed E-state index contributed by atoms with van der Waals surface area (Å²) in [6, 6.07) is 12.9. The third-order valence-corrected chi connectivity index (χ3v) is 8.61. The van der Waals surface area contributed by atoms with E-state index < -0.39 is 16.1 Å². The standard InChI is InChI=1S/C24H28N2O5S/c27-24(25-18-11-12-22-23(16-18)31-14-6-13-30-22)21-15-17-7-4-5-10-20(17)26(21)32(28,29)19-8-2-1-3-9-19/h1-3,8-9,11-12,16-17,20-21H,4-7,10,13-15H2,(H,25,27)/t17-,20+,21+/m1/s1. The molecule has 3 aliphatic rings. The van der Waals surface area contributed by atoms with Crippen LogP contribution in [0, 0.1) is 5.92 Å². The minimum Gasteiger partial charge on any atom is -0.490 e. The molecule has 7 nitrogen and oxygen atoms in total. The summed E-state index contributed by atoms with van der Waals surface area (Å²) >= 11 is 0. The fourth-order valence-corrected chi connectivity index (χ4v) is 7.06. The number of anilines is 1. The van der Waals surface area contributed by atoms with Crippen molar-refractivity contribution in [3.63, 3.8) is 0 Å². The van der Waals surface area contributed by atoms with Crippen LogP contribution in [-0.2, 0) is 14.8 Å². The summed E-state index contributed by atoms with van der Waals surface area (Å²) in [5.74, 6) is 1.16. The molecule has 0 spiro atoms. The fraction of sp³-hybridized carbons (Fsp3) is 0.458. The Balaban J connectivity index is 1.43. The van der Waals surface area contributed by atoms with Crippen LogP contribution in [0.15, 0.2) is 53.4 Å². The van der Waals surface area contributed by atoms with E-state index in [2.05, 4.69) is 5.32 Å². The number of carbonyl (C=O) groups is 1. The van der Waals surface area contributed by atoms with Crippen molar-refractivity contribution < 1.29 is 22.7 Å². The van der Waals surface area contributed by atoms with Gasteiger partial charge >= 0.3 is 0 Å². The Kier molecular flexibility index (Phi) is 5.82. The van der Waals surface area contributed by atoms with E-state index in [1.54, 1.807) is 48.5 Å². The number of amides is 1. The fourth-order valence-electron chi connectivity index (χ4n) is 5.17. The van der Waals surface area contributed by atoms with Gasteiger partial charge in [-0.3, -0.25) is 4.79 Å². The topological polar surface area (TPSA) is 84.9 Å². The van der Waals surface area contributed by atoms with Crippen molar-refractivity contribution in [1.29, 1.82) is 0 Å². The van der Waals surface area contributed by atoms with Gasteiger partial charge in [-0.15, -0.1) is 0 Å². The maximum atomic E-state index is 13.6. The van der Waals surface area contributed by atoms with Crippen LogP contribution in [0.1, 0.15) is 38.5 Å². The van der Waals surface area contributed by atoms with E-state index >= 15 is 0 Å². The molecule has 3 atom stereocenters. The number of sulfonamides is 1. The number of ether oxygens (including phenoxy) is 2. The second-order valence-electron chi connectivity index (χ2n) is 8.71. The summed E-state index contributed by atoms with van der Waals surface area (Å²) in [5, 5.41) is 2.94. The van der Waals surface area contributed by atoms with E-state index in [4.69, 9.17) is 9.47 Å². The van der Waals surface area contributed by atoms with Gasteiger partial charge in [-0.2, -0.15) is 4.31 Å². The van der Waals surface area contributed by atoms with Crippen molar-refractivity contribution in [3.05, 3.63) is 48.5 Å². The smallest absolute Gasteiger partial charge is 0.244 e. The van der Waals surface area contributed by atoms with Crippen LogP contribution in [0.25, 0.3) is 0 Å². The average molecular weight is 457 g/mol. The summed E-state index contributed by atoms with van der Waals surface area (Å²) < 4.78 is 40.1. The normalized spacial score (nSPS) is 25.6. The Morgan fingerprint density at radius 3 is 2.50 bits per heavy atom. The van der Waals surface area contributed by atoms with E-state index in [-0.39, 0.29) is 22.8 Å². The second-order valence-corrected chi connectivity index (χ2v) is 10.6. The molecule has 2 aromatic rings. The maximum Gasteiger partial charge on any atom is 0.244 e. The van der Waals surface area contributed by atoms with Gasteiger partial charge in [0.2, 0.25) is 15.9 Å². The van der Waals surface area contributed by atoms with Crippen LogP contribution in [0.3, 0.4) is 0 Å². The van der Waals surface area contributed by atoms with E-state index in [9.17, 15) is 13.2 Å². The molecular formula is C24H28N2O5S. The zero-order valence-corrected chi connectivity index (χ0v) is 18.7. The van der Waals surface area contributed by atoms with Gasteiger partial charge in [-0.1, -0.05) is 31.0 Å². The van der Waals surface area contributed by atoms with Gasteiger partial charge in [0.15, 0.2) is 11.5 Å². The molecule has 1 amide bonds. The highest BCUT2D eigenvalue weighted by molar-refractivity contribution is 7.89. The van der Waals surface area contributed by atoms with Crippen LogP contribution in [0.2, 0.25) is 0 Å². The SMILES string of the molecule is O=C(Nc1ccc2c(c1)OCCCO2)[C@@H]1C[C@H]2CCCC[C@@H]2N1S(=O)(=O)c1ccccc1. The van der Waals surface area contributed by atoms with Gasteiger partial charge in [0.25, 0.3) is 0 Å². The highest BCUT2D eigenvalue weighted by atomic mass is 32.2. The molecule has 0 unspecified atom stereocenters. The van der Waals surface area contributed by atoms with Crippen LogP contribution in [0.5, 0.6) is 11.5 Å². The molecule has 1 N–H and O–H groups in total. The largest absolute Gasteiger partial charge is 0.490 e. The lowest BCUT2D eigenvalue weighted by Gasteiger charge is -2.32. The van der Waals surface area contributed by atoms with Crippen molar-refractivity contribution in [1.82, 2.24) is 4.31 Å². The lowest BCUT2D eigenvalue weighted by atomic mass is 9.85. The number of carbonyl (C=O) groups excluding carboxylic acids is 1. The van der Waals surface area contributed by atoms with Crippen molar-refractivity contribution in [2.45, 2.75) is 55.5 Å². The molecule has 1 saturated heterocycles. The first-order chi connectivity index (χ1) is 15.5. The first kappa shape index (κ1) is 21.3. The average Bonchev–Trinajstić information content (AvgIpc) is 3.06. The predicted molar refractivity (Wildman–Crippen MR) is 120 cm³/mol. The Hall–Kier alpha value is -2.58. The molecule has 5 rings (SSSR count). The molecule has 1 aliphatic carbocycles. The highest BCUT2D eigenvalue weighted by Gasteiger charge is 2.50. The second kappa shape index (κ2) is 8.75. The van der Waals surface area contributed by atoms with E-state index in [0.29, 0.717) is 36.8 Å². The molecular weight excluding hydrogens is 428 g/mol. The molecule has 0 radical (unpaired) electrons. The molecule has 32 heavy (non-hydrogen) atoms. The monoisotopic (exact) mass is 456 g/mol. The van der Waals surface area contributed by atoms with Gasteiger partial charge in [0.1, 0.15) is 6.04 Å². The van der Waals surface area contributed by atoms with Crippen molar-refractivity contribution >= 4 is 21.6 Å². The van der Waals surface area contributed by atoms with Crippen molar-refractivity contribution in [2.24, 2.45) is 5.92 Å². The summed E-state index contributed by atoms with van der Waals surface area (Å²) in [6.45, 7) is 1.15. The van der Waals surface area contributed by atoms with Crippen LogP contribution < -0.4 is 14.8 Å². The zero-order valence-electron chi connectivity index (χ0n) is 17.9. The molecule has 2 heterocycles. The highest BCUT2D eigenvalue weighted by Crippen LogP contribution is 2.43. The van der Waals surface area contributed by atoms with Crippen molar-refractivity contribution in [3.8, 4) is 11.5 Å². The van der Waals surface area contributed by atoms with Crippen LogP contribution >= 0.6 is 0 Å². The number of hydrogen-bond donors (Lipinski definition) is 1. The number of benzene rings is 2. The third kappa shape index (κ3) is 3.97. The number of hydrogen-bond acceptors (Lipinski definition) is 5. The molecule has 2 fully saturated rings. The molecule has 0 bridgehead atoms. The number of rotatable bonds is 4. The summed E-state index contributed by atoms with van der Waals surface area (Å²) in [7, 11) is -3.79. The Bertz CT molecular complexity index is 1090. The Labute approximate surface area is 188 Å². The maximum absolute atomic E-state index is 13.6. The number of fused-ring (bicyclic) bond motifs is 2. The lowest BCUT2D eigenvalue weighted by Crippen LogP contribution is -2.47. The number of nitrogens with zero attached hydrogens (tertiary/aromatic N) is 1. The predicted octanol–water partition coefficient (Wildman–Crippen LogP) is 3.81. The Morgan fingerprint density at radius 1 is 0.938 bits per heavy atom. The summed E-state index contributed by atoms with van der Waals surface area (Å²) in [6.07, 6.45) is 5.17. The minimum atomic E-state index is -3.79. The molecule has 8 heteroatoms. The van der Waals surface area contributed by atoms with Crippen LogP contribution in [-0.4, -0.2) is 43.9 Å². The third-order valence-electron chi connectivity index (χ3n) is 6.67. The Morgan fingerprint density at radius 2 is 1.69 bits per heavy atom. The zero-order chi connectivity index (χ0) is 22.1. The number of nitrogens with one attached hydrogen (secondary N) is 1. The van der Waals surface area contributed by atoms with Gasteiger partial charge in [-0.05, 0) is 49.4 Å². The summed E-state index contributed by atoms with van der Waals surface area (Å²) in [4.78, 5) is 13.6. The minimum absolute atomic E-state index is 0.131. The van der Waals surface area contributed by atoms with Gasteiger partial charge in [-0.25, -0.2) is 8.42 Å². The first-order valence-corrected chi connectivity index (χ1v) is 12.8. The molecule has 170 valence electrons. The van der Waals surface area contributed by atoms with E-state index in [1.165, 1.54) is 4.31 Å². The van der Waals surface area contributed by atoms with Crippen LogP contribution in [0.4, 0.5) is 5.69 Å². The van der Waals surface area contributed by atoms with Crippen molar-refractivity contribution in [2.75, 3.05) is 18.5 Å². The van der Waals surface area contributed by atoms with E-state index in [0.717, 1.165) is 32.1 Å². The lowest BCUT2D eigenvalue weighted by molar-refractivity contribution is -0.119.